The van der Waals surface area contributed by atoms with Crippen molar-refractivity contribution in [2.45, 2.75) is 62.4 Å². The molecule has 2 bridgehead atoms. The molecule has 6 heterocycles. The summed E-state index contributed by atoms with van der Waals surface area (Å²) in [5.74, 6) is 2.34. The van der Waals surface area contributed by atoms with Crippen LogP contribution >= 0.6 is 0 Å². The maximum Gasteiger partial charge on any atom is 0.292 e. The summed E-state index contributed by atoms with van der Waals surface area (Å²) >= 11 is 0. The molecular formula is C33H35N9O3. The Kier molecular flexibility index (Phi) is 6.93. The first-order chi connectivity index (χ1) is 22.1. The quantitative estimate of drug-likeness (QED) is 0.230. The van der Waals surface area contributed by atoms with Crippen LogP contribution in [0.3, 0.4) is 0 Å². The van der Waals surface area contributed by atoms with Crippen LogP contribution in [0.4, 0.5) is 5.82 Å². The van der Waals surface area contributed by atoms with Crippen LogP contribution in [-0.2, 0) is 4.74 Å². The highest BCUT2D eigenvalue weighted by molar-refractivity contribution is 5.91. The number of nitrogens with zero attached hydrogens (tertiary/aromatic N) is 7. The van der Waals surface area contributed by atoms with E-state index in [0.717, 1.165) is 83.6 Å². The lowest BCUT2D eigenvalue weighted by molar-refractivity contribution is 0.0557. The lowest BCUT2D eigenvalue weighted by atomic mass is 9.85. The third-order valence-electron chi connectivity index (χ3n) is 9.49. The minimum absolute atomic E-state index is 0.0656. The number of rotatable bonds is 9. The van der Waals surface area contributed by atoms with Crippen LogP contribution in [0.1, 0.15) is 72.2 Å². The summed E-state index contributed by atoms with van der Waals surface area (Å²) in [5.41, 5.74) is 13.5. The number of methoxy groups -OCH3 is 1. The standard InChI is InChI=1S/C33H35N9O3/c1-44-12-13-45-25-9-4-19(5-10-25)27-11-6-21(16-35-27)26-17-38-42-30(34)28(20-2-3-20)29(39-32(26)42)22-14-23-7-8-24(15-22)41(23)33(43)31-36-18-37-40-31/h4-6,9-11,16-18,20,22-24H,2-3,7-8,12-15,34H2,1H3,(H,36,37,40)/t22-,23+,24-. The second kappa shape index (κ2) is 11.3. The fourth-order valence-corrected chi connectivity index (χ4v) is 7.20. The minimum Gasteiger partial charge on any atom is -0.491 e. The van der Waals surface area contributed by atoms with Crippen LogP contribution in [0.2, 0.25) is 0 Å². The maximum atomic E-state index is 13.3. The molecule has 230 valence electrons. The molecule has 4 aromatic heterocycles. The van der Waals surface area contributed by atoms with Crippen molar-refractivity contribution in [3.8, 4) is 28.1 Å². The van der Waals surface area contributed by atoms with Crippen LogP contribution in [0.15, 0.2) is 55.1 Å². The first kappa shape index (κ1) is 27.7. The Labute approximate surface area is 260 Å². The van der Waals surface area contributed by atoms with Gasteiger partial charge in [0.15, 0.2) is 5.65 Å². The fourth-order valence-electron chi connectivity index (χ4n) is 7.20. The number of hydrogen-bond acceptors (Lipinski definition) is 9. The van der Waals surface area contributed by atoms with E-state index in [9.17, 15) is 4.79 Å². The number of hydrogen-bond donors (Lipinski definition) is 2. The normalized spacial score (nSPS) is 21.0. The molecule has 2 aliphatic heterocycles. The van der Waals surface area contributed by atoms with E-state index in [1.807, 2.05) is 47.6 Å². The number of fused-ring (bicyclic) bond motifs is 3. The lowest BCUT2D eigenvalue weighted by Gasteiger charge is -2.39. The van der Waals surface area contributed by atoms with Gasteiger partial charge in [-0.15, -0.1) is 10.2 Å². The molecule has 3 aliphatic rings. The van der Waals surface area contributed by atoms with Crippen molar-refractivity contribution < 1.29 is 14.3 Å². The van der Waals surface area contributed by atoms with Gasteiger partial charge in [-0.1, -0.05) is 6.07 Å². The molecule has 3 fully saturated rings. The molecule has 12 nitrogen and oxygen atoms in total. The number of aromatic nitrogens is 7. The number of nitrogens with two attached hydrogens (primary N) is 1. The van der Waals surface area contributed by atoms with E-state index < -0.39 is 0 Å². The highest BCUT2D eigenvalue weighted by Crippen LogP contribution is 2.50. The summed E-state index contributed by atoms with van der Waals surface area (Å²) in [6.45, 7) is 1.05. The van der Waals surface area contributed by atoms with Gasteiger partial charge in [0.05, 0.1) is 24.2 Å². The molecule has 3 atom stereocenters. The number of carbonyl (C=O) groups excluding carboxylic acids is 1. The molecule has 45 heavy (non-hydrogen) atoms. The van der Waals surface area contributed by atoms with Gasteiger partial charge in [0.1, 0.15) is 24.5 Å². The Morgan fingerprint density at radius 1 is 0.978 bits per heavy atom. The lowest BCUT2D eigenvalue weighted by Crippen LogP contribution is -2.46. The number of H-pyrrole nitrogens is 1. The van der Waals surface area contributed by atoms with Crippen LogP contribution in [0.25, 0.3) is 28.0 Å². The second-order valence-corrected chi connectivity index (χ2v) is 12.3. The van der Waals surface area contributed by atoms with Crippen LogP contribution in [-0.4, -0.2) is 78.0 Å². The third kappa shape index (κ3) is 4.98. The van der Waals surface area contributed by atoms with Crippen molar-refractivity contribution in [1.82, 2.24) is 39.7 Å². The summed E-state index contributed by atoms with van der Waals surface area (Å²) in [7, 11) is 1.66. The van der Waals surface area contributed by atoms with E-state index in [0.29, 0.717) is 30.8 Å². The zero-order valence-electron chi connectivity index (χ0n) is 25.1. The number of nitrogen functional groups attached to an aromatic ring is 1. The van der Waals surface area contributed by atoms with Gasteiger partial charge >= 0.3 is 0 Å². The Balaban J connectivity index is 1.09. The SMILES string of the molecule is COCCOc1ccc(-c2ccc(-c3cnn4c(N)c(C5CC5)c([C@H]5C[C@H]6CC[C@@H](C5)N6C(=O)c5nnc[nH]5)nc34)cn2)cc1. The molecule has 1 aromatic carbocycles. The minimum atomic E-state index is -0.0656. The predicted molar refractivity (Wildman–Crippen MR) is 167 cm³/mol. The maximum absolute atomic E-state index is 13.3. The zero-order valence-corrected chi connectivity index (χ0v) is 25.1. The van der Waals surface area contributed by atoms with E-state index in [2.05, 4.69) is 26.3 Å². The molecular weight excluding hydrogens is 570 g/mol. The van der Waals surface area contributed by atoms with Gasteiger partial charge in [-0.05, 0) is 74.8 Å². The molecule has 1 saturated carbocycles. The monoisotopic (exact) mass is 605 g/mol. The summed E-state index contributed by atoms with van der Waals surface area (Å²) in [5, 5.41) is 12.5. The Hall–Kier alpha value is -4.84. The summed E-state index contributed by atoms with van der Waals surface area (Å²) < 4.78 is 12.5. The van der Waals surface area contributed by atoms with Gasteiger partial charge in [-0.3, -0.25) is 9.78 Å². The average molecular weight is 606 g/mol. The van der Waals surface area contributed by atoms with Crippen molar-refractivity contribution in [3.05, 3.63) is 72.2 Å². The van der Waals surface area contributed by atoms with E-state index in [1.54, 1.807) is 11.6 Å². The molecule has 5 aromatic rings. The number of benzene rings is 1. The summed E-state index contributed by atoms with van der Waals surface area (Å²) in [6, 6.07) is 12.3. The van der Waals surface area contributed by atoms with E-state index in [4.69, 9.17) is 25.2 Å². The number of piperidine rings is 1. The van der Waals surface area contributed by atoms with Crippen molar-refractivity contribution >= 4 is 17.4 Å². The fraction of sp³-hybridized carbons (Fsp3) is 0.394. The van der Waals surface area contributed by atoms with Gasteiger partial charge in [0.2, 0.25) is 5.82 Å². The van der Waals surface area contributed by atoms with Crippen LogP contribution in [0, 0.1) is 0 Å². The van der Waals surface area contributed by atoms with Gasteiger partial charge in [-0.2, -0.15) is 9.61 Å². The first-order valence-electron chi connectivity index (χ1n) is 15.6. The van der Waals surface area contributed by atoms with E-state index in [-0.39, 0.29) is 23.9 Å². The van der Waals surface area contributed by atoms with Crippen molar-refractivity contribution in [2.24, 2.45) is 0 Å². The van der Waals surface area contributed by atoms with Crippen molar-refractivity contribution in [2.75, 3.05) is 26.1 Å². The molecule has 12 heteroatoms. The van der Waals surface area contributed by atoms with Gasteiger partial charge in [0, 0.05) is 53.6 Å². The van der Waals surface area contributed by atoms with Gasteiger partial charge < -0.3 is 25.1 Å². The Morgan fingerprint density at radius 3 is 2.42 bits per heavy atom. The highest BCUT2D eigenvalue weighted by Gasteiger charge is 2.46. The first-order valence-corrected chi connectivity index (χ1v) is 15.6. The number of aromatic amines is 1. The van der Waals surface area contributed by atoms with Gasteiger partial charge in [0.25, 0.3) is 5.91 Å². The molecule has 8 rings (SSSR count). The number of anilines is 1. The van der Waals surface area contributed by atoms with Crippen LogP contribution < -0.4 is 10.5 Å². The second-order valence-electron chi connectivity index (χ2n) is 12.3. The predicted octanol–water partition coefficient (Wildman–Crippen LogP) is 4.61. The number of carbonyl (C=O) groups is 1. The molecule has 1 aliphatic carbocycles. The number of pyridine rings is 1. The highest BCUT2D eigenvalue weighted by atomic mass is 16.5. The molecule has 0 unspecified atom stereocenters. The van der Waals surface area contributed by atoms with Crippen molar-refractivity contribution in [1.29, 1.82) is 0 Å². The zero-order chi connectivity index (χ0) is 30.5. The number of amides is 1. The molecule has 2 saturated heterocycles. The summed E-state index contributed by atoms with van der Waals surface area (Å²) in [6.07, 6.45) is 11.1. The molecule has 0 spiro atoms. The molecule has 0 radical (unpaired) electrons. The van der Waals surface area contributed by atoms with Crippen molar-refractivity contribution in [3.63, 3.8) is 0 Å². The Bertz CT molecular complexity index is 1820. The van der Waals surface area contributed by atoms with E-state index in [1.165, 1.54) is 6.33 Å². The van der Waals surface area contributed by atoms with Crippen LogP contribution in [0.5, 0.6) is 5.75 Å². The molecule has 3 N–H and O–H groups in total. The van der Waals surface area contributed by atoms with Gasteiger partial charge in [-0.25, -0.2) is 4.98 Å². The van der Waals surface area contributed by atoms with E-state index >= 15 is 0 Å². The largest absolute Gasteiger partial charge is 0.491 e. The smallest absolute Gasteiger partial charge is 0.292 e. The summed E-state index contributed by atoms with van der Waals surface area (Å²) in [4.78, 5) is 28.3. The average Bonchev–Trinajstić information content (AvgIpc) is 3.45. The Morgan fingerprint density at radius 2 is 1.76 bits per heavy atom. The number of nitrogens with one attached hydrogen (secondary N) is 1. The topological polar surface area (TPSA) is 149 Å². The molecule has 1 amide bonds. The number of ether oxygens (including phenoxy) is 2. The third-order valence-corrected chi connectivity index (χ3v) is 9.49.